The summed E-state index contributed by atoms with van der Waals surface area (Å²) in [6, 6.07) is 11.6. The number of carbonyl (C=O) groups is 1. The molecule has 0 aliphatic rings. The van der Waals surface area contributed by atoms with E-state index in [0.717, 1.165) is 12.1 Å². The number of carbonyl (C=O) groups excluding carboxylic acids is 1. The molecule has 110 valence electrons. The molecule has 0 atom stereocenters. The predicted octanol–water partition coefficient (Wildman–Crippen LogP) is 3.68. The Morgan fingerprint density at radius 2 is 2.05 bits per heavy atom. The minimum Gasteiger partial charge on any atom is -0.506 e. The maximum absolute atomic E-state index is 12.7. The summed E-state index contributed by atoms with van der Waals surface area (Å²) in [5.41, 5.74) is 7.55. The third-order valence-electron chi connectivity index (χ3n) is 3.07. The van der Waals surface area contributed by atoms with E-state index in [-0.39, 0.29) is 16.7 Å². The number of halogens is 1. The summed E-state index contributed by atoms with van der Waals surface area (Å²) in [5, 5.41) is 9.60. The molecule has 1 amide bonds. The van der Waals surface area contributed by atoms with Gasteiger partial charge in [0.1, 0.15) is 5.75 Å². The van der Waals surface area contributed by atoms with Gasteiger partial charge in [-0.25, -0.2) is 0 Å². The van der Waals surface area contributed by atoms with Gasteiger partial charge in [0, 0.05) is 23.5 Å². The van der Waals surface area contributed by atoms with E-state index < -0.39 is 0 Å². The molecule has 0 radical (unpaired) electrons. The van der Waals surface area contributed by atoms with Crippen molar-refractivity contribution in [2.24, 2.45) is 0 Å². The molecule has 3 N–H and O–H groups in total. The van der Waals surface area contributed by atoms with Crippen molar-refractivity contribution in [1.82, 2.24) is 0 Å². The minimum absolute atomic E-state index is 0.0424. The maximum atomic E-state index is 12.7. The van der Waals surface area contributed by atoms with Crippen molar-refractivity contribution in [3.05, 3.63) is 53.1 Å². The minimum atomic E-state index is -0.177. The molecule has 0 aliphatic carbocycles. The fourth-order valence-electron chi connectivity index (χ4n) is 2.06. The lowest BCUT2D eigenvalue weighted by Crippen LogP contribution is -2.31. The number of amides is 1. The zero-order valence-electron chi connectivity index (χ0n) is 11.7. The lowest BCUT2D eigenvalue weighted by molar-refractivity contribution is 0.0987. The standard InChI is InChI=1S/C16H17ClN2O2/c1-2-8-19(13-5-3-4-12(18)10-13)16(21)11-6-7-15(20)14(17)9-11/h3-7,9-10,20H,2,8,18H2,1H3. The molecule has 2 rings (SSSR count). The van der Waals surface area contributed by atoms with Crippen LogP contribution in [-0.4, -0.2) is 17.6 Å². The molecule has 0 bridgehead atoms. The molecule has 0 heterocycles. The number of nitrogen functional groups attached to an aromatic ring is 1. The second-order valence-corrected chi connectivity index (χ2v) is 5.13. The van der Waals surface area contributed by atoms with Gasteiger partial charge in [0.05, 0.1) is 5.02 Å². The van der Waals surface area contributed by atoms with Crippen molar-refractivity contribution in [3.63, 3.8) is 0 Å². The zero-order valence-corrected chi connectivity index (χ0v) is 12.5. The van der Waals surface area contributed by atoms with Gasteiger partial charge in [0.15, 0.2) is 0 Å². The molecule has 4 nitrogen and oxygen atoms in total. The van der Waals surface area contributed by atoms with Crippen LogP contribution in [0, 0.1) is 0 Å². The SMILES string of the molecule is CCCN(C(=O)c1ccc(O)c(Cl)c1)c1cccc(N)c1. The van der Waals surface area contributed by atoms with Gasteiger partial charge < -0.3 is 15.7 Å². The van der Waals surface area contributed by atoms with Gasteiger partial charge in [-0.3, -0.25) is 4.79 Å². The first-order chi connectivity index (χ1) is 10.0. The molecule has 0 saturated carbocycles. The molecule has 2 aromatic carbocycles. The molecular weight excluding hydrogens is 288 g/mol. The molecule has 0 aromatic heterocycles. The van der Waals surface area contributed by atoms with Gasteiger partial charge in [-0.05, 0) is 42.8 Å². The van der Waals surface area contributed by atoms with E-state index in [2.05, 4.69) is 0 Å². The Labute approximate surface area is 128 Å². The van der Waals surface area contributed by atoms with Gasteiger partial charge in [0.2, 0.25) is 0 Å². The summed E-state index contributed by atoms with van der Waals surface area (Å²) in [7, 11) is 0. The van der Waals surface area contributed by atoms with Crippen molar-refractivity contribution in [2.45, 2.75) is 13.3 Å². The van der Waals surface area contributed by atoms with Gasteiger partial charge in [-0.15, -0.1) is 0 Å². The maximum Gasteiger partial charge on any atom is 0.258 e. The zero-order chi connectivity index (χ0) is 15.4. The summed E-state index contributed by atoms with van der Waals surface area (Å²) in [6.45, 7) is 2.57. The highest BCUT2D eigenvalue weighted by Gasteiger charge is 2.18. The van der Waals surface area contributed by atoms with Crippen LogP contribution < -0.4 is 10.6 Å². The number of phenols is 1. The van der Waals surface area contributed by atoms with Crippen LogP contribution in [0.1, 0.15) is 23.7 Å². The number of nitrogens with zero attached hydrogens (tertiary/aromatic N) is 1. The second kappa shape index (κ2) is 6.50. The van der Waals surface area contributed by atoms with E-state index in [9.17, 15) is 9.90 Å². The van der Waals surface area contributed by atoms with E-state index in [0.29, 0.717) is 17.8 Å². The molecular formula is C16H17ClN2O2. The first-order valence-electron chi connectivity index (χ1n) is 6.69. The van der Waals surface area contributed by atoms with E-state index in [4.69, 9.17) is 17.3 Å². The third kappa shape index (κ3) is 3.47. The van der Waals surface area contributed by atoms with E-state index in [1.807, 2.05) is 19.1 Å². The van der Waals surface area contributed by atoms with Crippen molar-refractivity contribution in [2.75, 3.05) is 17.2 Å². The van der Waals surface area contributed by atoms with Gasteiger partial charge in [0.25, 0.3) is 5.91 Å². The molecule has 0 saturated heterocycles. The first-order valence-corrected chi connectivity index (χ1v) is 7.06. The van der Waals surface area contributed by atoms with E-state index >= 15 is 0 Å². The van der Waals surface area contributed by atoms with Crippen LogP contribution in [-0.2, 0) is 0 Å². The summed E-state index contributed by atoms with van der Waals surface area (Å²) in [4.78, 5) is 14.3. The predicted molar refractivity (Wildman–Crippen MR) is 85.9 cm³/mol. The quantitative estimate of drug-likeness (QED) is 0.847. The van der Waals surface area contributed by atoms with Crippen LogP contribution in [0.3, 0.4) is 0 Å². The van der Waals surface area contributed by atoms with Gasteiger partial charge in [-0.1, -0.05) is 24.6 Å². The smallest absolute Gasteiger partial charge is 0.258 e. The lowest BCUT2D eigenvalue weighted by Gasteiger charge is -2.23. The monoisotopic (exact) mass is 304 g/mol. The van der Waals surface area contributed by atoms with Crippen LogP contribution in [0.15, 0.2) is 42.5 Å². The third-order valence-corrected chi connectivity index (χ3v) is 3.37. The summed E-state index contributed by atoms with van der Waals surface area (Å²) < 4.78 is 0. The highest BCUT2D eigenvalue weighted by Crippen LogP contribution is 2.26. The van der Waals surface area contributed by atoms with E-state index in [1.165, 1.54) is 12.1 Å². The van der Waals surface area contributed by atoms with Crippen LogP contribution in [0.4, 0.5) is 11.4 Å². The Balaban J connectivity index is 2.37. The average Bonchev–Trinajstić information content (AvgIpc) is 2.47. The fraction of sp³-hybridized carbons (Fsp3) is 0.188. The number of benzene rings is 2. The molecule has 0 unspecified atom stereocenters. The summed E-state index contributed by atoms with van der Waals surface area (Å²) >= 11 is 5.87. The highest BCUT2D eigenvalue weighted by atomic mass is 35.5. The number of aromatic hydroxyl groups is 1. The Hall–Kier alpha value is -2.20. The number of nitrogens with two attached hydrogens (primary N) is 1. The summed E-state index contributed by atoms with van der Waals surface area (Å²) in [5.74, 6) is -0.219. The topological polar surface area (TPSA) is 66.6 Å². The van der Waals surface area contributed by atoms with E-state index in [1.54, 1.807) is 23.1 Å². The Morgan fingerprint density at radius 1 is 1.29 bits per heavy atom. The van der Waals surface area contributed by atoms with Crippen molar-refractivity contribution in [3.8, 4) is 5.75 Å². The van der Waals surface area contributed by atoms with Gasteiger partial charge >= 0.3 is 0 Å². The fourth-order valence-corrected chi connectivity index (χ4v) is 2.24. The van der Waals surface area contributed by atoms with Crippen LogP contribution >= 0.6 is 11.6 Å². The Morgan fingerprint density at radius 3 is 2.67 bits per heavy atom. The number of hydrogen-bond donors (Lipinski definition) is 2. The normalized spacial score (nSPS) is 10.4. The molecule has 5 heteroatoms. The lowest BCUT2D eigenvalue weighted by atomic mass is 10.1. The van der Waals surface area contributed by atoms with Crippen molar-refractivity contribution in [1.29, 1.82) is 0 Å². The number of anilines is 2. The Kier molecular flexibility index (Phi) is 4.70. The number of phenolic OH excluding ortho intramolecular Hbond substituents is 1. The molecule has 21 heavy (non-hydrogen) atoms. The van der Waals surface area contributed by atoms with Crippen molar-refractivity contribution >= 4 is 28.9 Å². The average molecular weight is 305 g/mol. The number of rotatable bonds is 4. The van der Waals surface area contributed by atoms with Crippen LogP contribution in [0.25, 0.3) is 0 Å². The molecule has 0 fully saturated rings. The van der Waals surface area contributed by atoms with Crippen molar-refractivity contribution < 1.29 is 9.90 Å². The summed E-state index contributed by atoms with van der Waals surface area (Å²) in [6.07, 6.45) is 0.812. The first kappa shape index (κ1) is 15.2. The molecule has 2 aromatic rings. The number of hydrogen-bond acceptors (Lipinski definition) is 3. The highest BCUT2D eigenvalue weighted by molar-refractivity contribution is 6.32. The molecule has 0 aliphatic heterocycles. The molecule has 0 spiro atoms. The van der Waals surface area contributed by atoms with Crippen LogP contribution in [0.2, 0.25) is 5.02 Å². The largest absolute Gasteiger partial charge is 0.506 e. The van der Waals surface area contributed by atoms with Gasteiger partial charge in [-0.2, -0.15) is 0 Å². The second-order valence-electron chi connectivity index (χ2n) is 4.72. The van der Waals surface area contributed by atoms with Crippen LogP contribution in [0.5, 0.6) is 5.75 Å². The Bertz CT molecular complexity index is 658.